The highest BCUT2D eigenvalue weighted by atomic mass is 19.4. The van der Waals surface area contributed by atoms with E-state index in [4.69, 9.17) is 9.47 Å². The summed E-state index contributed by atoms with van der Waals surface area (Å²) in [4.78, 5) is 15.7. The summed E-state index contributed by atoms with van der Waals surface area (Å²) < 4.78 is 79.6. The Kier molecular flexibility index (Phi) is 6.09. The van der Waals surface area contributed by atoms with Crippen LogP contribution in [0.3, 0.4) is 0 Å². The van der Waals surface area contributed by atoms with Crippen molar-refractivity contribution in [1.82, 2.24) is 9.55 Å². The molecule has 6 nitrogen and oxygen atoms in total. The average molecular weight is 430 g/mol. The molecule has 0 bridgehead atoms. The Morgan fingerprint density at radius 3 is 2.53 bits per heavy atom. The van der Waals surface area contributed by atoms with Gasteiger partial charge >= 0.3 is 18.8 Å². The zero-order chi connectivity index (χ0) is 21.9. The van der Waals surface area contributed by atoms with E-state index >= 15 is 0 Å². The molecule has 0 N–H and O–H groups in total. The monoisotopic (exact) mass is 430 g/mol. The second-order valence-electron chi connectivity index (χ2n) is 6.03. The van der Waals surface area contributed by atoms with Gasteiger partial charge in [-0.25, -0.2) is 4.98 Å². The summed E-state index contributed by atoms with van der Waals surface area (Å²) in [5.41, 5.74) is 0.599. The summed E-state index contributed by atoms with van der Waals surface area (Å²) in [6, 6.07) is 9.77. The number of aromatic nitrogens is 2. The third-order valence-electron chi connectivity index (χ3n) is 4.04. The zero-order valence-electron chi connectivity index (χ0n) is 15.5. The SMILES string of the molecule is COc1cc(COC(=O)Cn2c(C(F)(F)F)nc3ccccc32)ccc1OC(F)F. The van der Waals surface area contributed by atoms with Crippen molar-refractivity contribution in [1.29, 1.82) is 0 Å². The molecule has 30 heavy (non-hydrogen) atoms. The first-order chi connectivity index (χ1) is 14.2. The fourth-order valence-electron chi connectivity index (χ4n) is 2.79. The molecular weight excluding hydrogens is 415 g/mol. The number of halogens is 5. The first-order valence-electron chi connectivity index (χ1n) is 8.49. The molecule has 3 rings (SSSR count). The van der Waals surface area contributed by atoms with Crippen LogP contribution in [-0.4, -0.2) is 29.2 Å². The number of carbonyl (C=O) groups excluding carboxylic acids is 1. The van der Waals surface area contributed by atoms with Gasteiger partial charge in [-0.15, -0.1) is 0 Å². The van der Waals surface area contributed by atoms with Gasteiger partial charge in [0.15, 0.2) is 11.5 Å². The van der Waals surface area contributed by atoms with Gasteiger partial charge in [-0.1, -0.05) is 18.2 Å². The highest BCUT2D eigenvalue weighted by Crippen LogP contribution is 2.32. The van der Waals surface area contributed by atoms with Crippen LogP contribution in [0.4, 0.5) is 22.0 Å². The van der Waals surface area contributed by atoms with Gasteiger partial charge < -0.3 is 18.8 Å². The Bertz CT molecular complexity index is 1050. The van der Waals surface area contributed by atoms with Gasteiger partial charge in [-0.3, -0.25) is 4.79 Å². The van der Waals surface area contributed by atoms with E-state index in [-0.39, 0.29) is 29.1 Å². The summed E-state index contributed by atoms with van der Waals surface area (Å²) >= 11 is 0. The summed E-state index contributed by atoms with van der Waals surface area (Å²) in [5.74, 6) is -2.36. The molecule has 2 aromatic carbocycles. The molecule has 0 radical (unpaired) electrons. The van der Waals surface area contributed by atoms with Crippen molar-refractivity contribution in [3.63, 3.8) is 0 Å². The predicted molar refractivity (Wildman–Crippen MR) is 94.2 cm³/mol. The summed E-state index contributed by atoms with van der Waals surface area (Å²) in [5, 5.41) is 0. The smallest absolute Gasteiger partial charge is 0.449 e. The second-order valence-corrected chi connectivity index (χ2v) is 6.03. The van der Waals surface area contributed by atoms with E-state index in [0.29, 0.717) is 5.56 Å². The van der Waals surface area contributed by atoms with Gasteiger partial charge in [-0.2, -0.15) is 22.0 Å². The van der Waals surface area contributed by atoms with Crippen molar-refractivity contribution >= 4 is 17.0 Å². The normalized spacial score (nSPS) is 11.7. The van der Waals surface area contributed by atoms with Crippen LogP contribution in [0.2, 0.25) is 0 Å². The fourth-order valence-corrected chi connectivity index (χ4v) is 2.79. The summed E-state index contributed by atoms with van der Waals surface area (Å²) in [7, 11) is 1.24. The molecule has 0 aliphatic heterocycles. The number of alkyl halides is 5. The minimum atomic E-state index is -4.76. The maximum Gasteiger partial charge on any atom is 0.449 e. The van der Waals surface area contributed by atoms with Gasteiger partial charge in [0.25, 0.3) is 0 Å². The minimum Gasteiger partial charge on any atom is -0.493 e. The maximum atomic E-state index is 13.3. The van der Waals surface area contributed by atoms with Gasteiger partial charge in [0.1, 0.15) is 13.2 Å². The third kappa shape index (κ3) is 4.78. The number of methoxy groups -OCH3 is 1. The molecule has 1 aromatic heterocycles. The number of fused-ring (bicyclic) bond motifs is 1. The molecule has 0 aliphatic rings. The number of hydrogen-bond acceptors (Lipinski definition) is 5. The van der Waals surface area contributed by atoms with Crippen molar-refractivity contribution in [3.05, 3.63) is 53.9 Å². The minimum absolute atomic E-state index is 0.0104. The standard InChI is InChI=1S/C19H15F5N2O4/c1-28-15-8-11(6-7-14(15)30-18(20)21)10-29-16(27)9-26-13-5-3-2-4-12(13)25-17(26)19(22,23)24/h2-8,18H,9-10H2,1H3. The highest BCUT2D eigenvalue weighted by molar-refractivity contribution is 5.79. The molecule has 3 aromatic rings. The lowest BCUT2D eigenvalue weighted by Gasteiger charge is -2.13. The summed E-state index contributed by atoms with van der Waals surface area (Å²) in [6.07, 6.45) is -4.76. The number of para-hydroxylation sites is 2. The number of imidazole rings is 1. The lowest BCUT2D eigenvalue weighted by molar-refractivity contribution is -0.151. The summed E-state index contributed by atoms with van der Waals surface area (Å²) in [6.45, 7) is -4.06. The van der Waals surface area contributed by atoms with Crippen LogP contribution >= 0.6 is 0 Å². The quantitative estimate of drug-likeness (QED) is 0.411. The number of rotatable bonds is 7. The molecule has 0 unspecified atom stereocenters. The number of ether oxygens (including phenoxy) is 3. The molecule has 0 spiro atoms. The van der Waals surface area contributed by atoms with Crippen molar-refractivity contribution in [3.8, 4) is 11.5 Å². The lowest BCUT2D eigenvalue weighted by atomic mass is 10.2. The molecule has 0 amide bonds. The molecule has 1 heterocycles. The Balaban J connectivity index is 1.74. The topological polar surface area (TPSA) is 62.6 Å². The number of hydrogen-bond donors (Lipinski definition) is 0. The molecule has 0 atom stereocenters. The van der Waals surface area contributed by atoms with Crippen LogP contribution in [0, 0.1) is 0 Å². The van der Waals surface area contributed by atoms with E-state index in [1.165, 1.54) is 49.6 Å². The number of nitrogens with zero attached hydrogens (tertiary/aromatic N) is 2. The number of benzene rings is 2. The third-order valence-corrected chi connectivity index (χ3v) is 4.04. The zero-order valence-corrected chi connectivity index (χ0v) is 15.5. The van der Waals surface area contributed by atoms with Crippen LogP contribution < -0.4 is 9.47 Å². The van der Waals surface area contributed by atoms with E-state index in [1.54, 1.807) is 0 Å². The van der Waals surface area contributed by atoms with Crippen LogP contribution in [0.15, 0.2) is 42.5 Å². The molecule has 11 heteroatoms. The number of esters is 1. The van der Waals surface area contributed by atoms with E-state index < -0.39 is 31.1 Å². The van der Waals surface area contributed by atoms with Gasteiger partial charge in [0, 0.05) is 0 Å². The Morgan fingerprint density at radius 1 is 1.13 bits per heavy atom. The second kappa shape index (κ2) is 8.56. The van der Waals surface area contributed by atoms with Crippen molar-refractivity contribution in [2.45, 2.75) is 25.9 Å². The largest absolute Gasteiger partial charge is 0.493 e. The first-order valence-corrected chi connectivity index (χ1v) is 8.49. The molecule has 0 saturated heterocycles. The fraction of sp³-hybridized carbons (Fsp3) is 0.263. The molecule has 0 aliphatic carbocycles. The molecular formula is C19H15F5N2O4. The van der Waals surface area contributed by atoms with Crippen LogP contribution in [0.5, 0.6) is 11.5 Å². The van der Waals surface area contributed by atoms with Crippen molar-refractivity contribution in [2.24, 2.45) is 0 Å². The van der Waals surface area contributed by atoms with Gasteiger partial charge in [0.2, 0.25) is 5.82 Å². The maximum absolute atomic E-state index is 13.3. The Morgan fingerprint density at radius 2 is 1.87 bits per heavy atom. The van der Waals surface area contributed by atoms with Gasteiger partial charge in [-0.05, 0) is 29.8 Å². The van der Waals surface area contributed by atoms with E-state index in [0.717, 1.165) is 4.57 Å². The van der Waals surface area contributed by atoms with Crippen molar-refractivity contribution in [2.75, 3.05) is 7.11 Å². The van der Waals surface area contributed by atoms with Crippen LogP contribution in [-0.2, 0) is 28.9 Å². The average Bonchev–Trinajstić information content (AvgIpc) is 3.06. The molecule has 0 fully saturated rings. The predicted octanol–water partition coefficient (Wildman–Crippen LogP) is 4.41. The number of carbonyl (C=O) groups is 1. The van der Waals surface area contributed by atoms with Gasteiger partial charge in [0.05, 0.1) is 18.1 Å². The molecule has 0 saturated carbocycles. The van der Waals surface area contributed by atoms with E-state index in [1.807, 2.05) is 0 Å². The Hall–Kier alpha value is -3.37. The van der Waals surface area contributed by atoms with Crippen LogP contribution in [0.1, 0.15) is 11.4 Å². The van der Waals surface area contributed by atoms with Crippen molar-refractivity contribution < 1.29 is 41.0 Å². The Labute approximate surface area is 166 Å². The van der Waals surface area contributed by atoms with E-state index in [2.05, 4.69) is 9.72 Å². The van der Waals surface area contributed by atoms with E-state index in [9.17, 15) is 26.7 Å². The highest BCUT2D eigenvalue weighted by Gasteiger charge is 2.38. The molecule has 160 valence electrons. The lowest BCUT2D eigenvalue weighted by Crippen LogP contribution is -2.20. The first kappa shape index (κ1) is 21.3. The van der Waals surface area contributed by atoms with Crippen LogP contribution in [0.25, 0.3) is 11.0 Å².